The largest absolute Gasteiger partial charge is 0.496 e. The summed E-state index contributed by atoms with van der Waals surface area (Å²) < 4.78 is 5.24. The first-order chi connectivity index (χ1) is 11.4. The number of carboxylic acids is 1. The Bertz CT molecular complexity index is 609. The summed E-state index contributed by atoms with van der Waals surface area (Å²) in [5.74, 6) is -0.245. The third kappa shape index (κ3) is 4.01. The molecule has 0 aromatic heterocycles. The Balaban J connectivity index is 2.11. The van der Waals surface area contributed by atoms with Crippen LogP contribution in [-0.4, -0.2) is 29.6 Å². The highest BCUT2D eigenvalue weighted by atomic mass is 35.5. The van der Waals surface area contributed by atoms with Crippen molar-refractivity contribution >= 4 is 23.5 Å². The average Bonchev–Trinajstić information content (AvgIpc) is 2.57. The zero-order chi connectivity index (χ0) is 17.7. The minimum absolute atomic E-state index is 0.00488. The van der Waals surface area contributed by atoms with Gasteiger partial charge in [-0.1, -0.05) is 31.0 Å². The molecule has 132 valence electrons. The van der Waals surface area contributed by atoms with E-state index in [0.717, 1.165) is 19.3 Å². The monoisotopic (exact) mass is 353 g/mol. The zero-order valence-corrected chi connectivity index (χ0v) is 14.9. The van der Waals surface area contributed by atoms with Gasteiger partial charge in [-0.05, 0) is 43.7 Å². The van der Waals surface area contributed by atoms with Crippen molar-refractivity contribution in [3.05, 3.63) is 28.8 Å². The van der Waals surface area contributed by atoms with Crippen molar-refractivity contribution in [3.8, 4) is 5.75 Å². The van der Waals surface area contributed by atoms with Crippen LogP contribution in [0.15, 0.2) is 18.2 Å². The summed E-state index contributed by atoms with van der Waals surface area (Å²) in [7, 11) is 1.51. The van der Waals surface area contributed by atoms with E-state index < -0.39 is 11.5 Å². The van der Waals surface area contributed by atoms with Gasteiger partial charge in [-0.15, -0.1) is 0 Å². The van der Waals surface area contributed by atoms with Gasteiger partial charge < -0.3 is 15.2 Å². The number of methoxy groups -OCH3 is 1. The van der Waals surface area contributed by atoms with Crippen molar-refractivity contribution in [1.82, 2.24) is 5.32 Å². The molecule has 0 saturated heterocycles. The van der Waals surface area contributed by atoms with E-state index in [4.69, 9.17) is 16.3 Å². The third-order valence-corrected chi connectivity index (χ3v) is 5.31. The van der Waals surface area contributed by atoms with E-state index in [1.165, 1.54) is 7.11 Å². The molecule has 5 nitrogen and oxygen atoms in total. The Kier molecular flexibility index (Phi) is 6.10. The summed E-state index contributed by atoms with van der Waals surface area (Å²) in [4.78, 5) is 24.3. The molecule has 0 aliphatic heterocycles. The van der Waals surface area contributed by atoms with Gasteiger partial charge in [0, 0.05) is 10.6 Å². The van der Waals surface area contributed by atoms with E-state index in [0.29, 0.717) is 35.1 Å². The maximum absolute atomic E-state index is 12.5. The van der Waals surface area contributed by atoms with Gasteiger partial charge in [0.25, 0.3) is 0 Å². The number of carbonyl (C=O) groups excluding carboxylic acids is 1. The van der Waals surface area contributed by atoms with Crippen molar-refractivity contribution in [2.24, 2.45) is 5.92 Å². The summed E-state index contributed by atoms with van der Waals surface area (Å²) in [6, 6.07) is 5.16. The van der Waals surface area contributed by atoms with Gasteiger partial charge in [-0.3, -0.25) is 4.79 Å². The molecule has 1 fully saturated rings. The summed E-state index contributed by atoms with van der Waals surface area (Å²) >= 11 is 6.15. The van der Waals surface area contributed by atoms with Crippen LogP contribution in [0.25, 0.3) is 0 Å². The Hall–Kier alpha value is -1.75. The number of halogens is 1. The van der Waals surface area contributed by atoms with Gasteiger partial charge in [0.1, 0.15) is 11.3 Å². The maximum atomic E-state index is 12.5. The first kappa shape index (κ1) is 18.6. The van der Waals surface area contributed by atoms with E-state index in [2.05, 4.69) is 12.2 Å². The molecular weight excluding hydrogens is 330 g/mol. The van der Waals surface area contributed by atoms with E-state index in [9.17, 15) is 14.7 Å². The molecule has 2 rings (SSSR count). The number of rotatable bonds is 6. The van der Waals surface area contributed by atoms with Crippen molar-refractivity contribution in [3.63, 3.8) is 0 Å². The zero-order valence-electron chi connectivity index (χ0n) is 14.1. The molecule has 2 N–H and O–H groups in total. The minimum atomic E-state index is -1.17. The molecule has 6 heteroatoms. The molecule has 1 aliphatic carbocycles. The Morgan fingerprint density at radius 2 is 2.04 bits per heavy atom. The molecule has 1 aliphatic rings. The standard InChI is InChI=1S/C18H24ClNO4/c1-3-12-7-9-18(10-8-12,17(22)23)20-16(21)11-13-14(19)5-4-6-15(13)24-2/h4-6,12H,3,7-11H2,1-2H3,(H,20,21)(H,22,23). The SMILES string of the molecule is CCC1CCC(NC(=O)Cc2c(Cl)cccc2OC)(C(=O)O)CC1. The fourth-order valence-electron chi connectivity index (χ4n) is 3.34. The summed E-state index contributed by atoms with van der Waals surface area (Å²) in [6.07, 6.45) is 3.60. The number of hydrogen-bond acceptors (Lipinski definition) is 3. The van der Waals surface area contributed by atoms with Gasteiger partial charge in [-0.25, -0.2) is 4.79 Å². The van der Waals surface area contributed by atoms with Gasteiger partial charge in [0.05, 0.1) is 13.5 Å². The van der Waals surface area contributed by atoms with Gasteiger partial charge in [0.15, 0.2) is 0 Å². The molecule has 1 aromatic carbocycles. The summed E-state index contributed by atoms with van der Waals surface area (Å²) in [6.45, 7) is 2.11. The van der Waals surface area contributed by atoms with Gasteiger partial charge >= 0.3 is 5.97 Å². The van der Waals surface area contributed by atoms with E-state index in [-0.39, 0.29) is 12.3 Å². The molecule has 0 heterocycles. The fraction of sp³-hybridized carbons (Fsp3) is 0.556. The predicted molar refractivity (Wildman–Crippen MR) is 92.5 cm³/mol. The number of carboxylic acid groups (broad SMARTS) is 1. The van der Waals surface area contributed by atoms with Crippen molar-refractivity contribution in [1.29, 1.82) is 0 Å². The van der Waals surface area contributed by atoms with Crippen LogP contribution in [0.5, 0.6) is 5.75 Å². The molecule has 1 saturated carbocycles. The third-order valence-electron chi connectivity index (χ3n) is 4.96. The number of benzene rings is 1. The molecule has 0 atom stereocenters. The first-order valence-corrected chi connectivity index (χ1v) is 8.65. The van der Waals surface area contributed by atoms with Crippen molar-refractivity contribution < 1.29 is 19.4 Å². The van der Waals surface area contributed by atoms with Crippen LogP contribution in [0.2, 0.25) is 5.02 Å². The molecular formula is C18H24ClNO4. The molecule has 0 radical (unpaired) electrons. The molecule has 1 aromatic rings. The highest BCUT2D eigenvalue weighted by molar-refractivity contribution is 6.31. The minimum Gasteiger partial charge on any atom is -0.496 e. The van der Waals surface area contributed by atoms with Crippen molar-refractivity contribution in [2.45, 2.75) is 51.0 Å². The highest BCUT2D eigenvalue weighted by Gasteiger charge is 2.42. The summed E-state index contributed by atoms with van der Waals surface area (Å²) in [5, 5.41) is 12.8. The van der Waals surface area contributed by atoms with Crippen LogP contribution >= 0.6 is 11.6 Å². The van der Waals surface area contributed by atoms with Crippen LogP contribution < -0.4 is 10.1 Å². The second-order valence-corrected chi connectivity index (χ2v) is 6.79. The Morgan fingerprint density at radius 1 is 1.38 bits per heavy atom. The normalized spacial score (nSPS) is 23.5. The number of amides is 1. The van der Waals surface area contributed by atoms with Crippen LogP contribution in [-0.2, 0) is 16.0 Å². The second-order valence-electron chi connectivity index (χ2n) is 6.38. The lowest BCUT2D eigenvalue weighted by Gasteiger charge is -2.37. The lowest BCUT2D eigenvalue weighted by molar-refractivity contribution is -0.149. The number of hydrogen-bond donors (Lipinski definition) is 2. The van der Waals surface area contributed by atoms with Crippen molar-refractivity contribution in [2.75, 3.05) is 7.11 Å². The topological polar surface area (TPSA) is 75.6 Å². The Morgan fingerprint density at radius 3 is 2.58 bits per heavy atom. The molecule has 1 amide bonds. The maximum Gasteiger partial charge on any atom is 0.329 e. The van der Waals surface area contributed by atoms with Gasteiger partial charge in [0.2, 0.25) is 5.91 Å². The highest BCUT2D eigenvalue weighted by Crippen LogP contribution is 2.34. The van der Waals surface area contributed by atoms with Crippen LogP contribution in [0, 0.1) is 5.92 Å². The first-order valence-electron chi connectivity index (χ1n) is 8.27. The van der Waals surface area contributed by atoms with Crippen LogP contribution in [0.4, 0.5) is 0 Å². The van der Waals surface area contributed by atoms with E-state index in [1.807, 2.05) is 0 Å². The smallest absolute Gasteiger partial charge is 0.329 e. The van der Waals surface area contributed by atoms with Crippen LogP contribution in [0.1, 0.15) is 44.6 Å². The number of ether oxygens (including phenoxy) is 1. The number of aliphatic carboxylic acids is 1. The van der Waals surface area contributed by atoms with Gasteiger partial charge in [-0.2, -0.15) is 0 Å². The molecule has 24 heavy (non-hydrogen) atoms. The second kappa shape index (κ2) is 7.88. The molecule has 0 spiro atoms. The number of nitrogens with one attached hydrogen (secondary N) is 1. The molecule has 0 unspecified atom stereocenters. The lowest BCUT2D eigenvalue weighted by Crippen LogP contribution is -2.56. The quantitative estimate of drug-likeness (QED) is 0.821. The Labute approximate surface area is 147 Å². The average molecular weight is 354 g/mol. The lowest BCUT2D eigenvalue weighted by atomic mass is 9.75. The summed E-state index contributed by atoms with van der Waals surface area (Å²) in [5.41, 5.74) is -0.598. The predicted octanol–water partition coefficient (Wildman–Crippen LogP) is 3.43. The fourth-order valence-corrected chi connectivity index (χ4v) is 3.58. The molecule has 0 bridgehead atoms. The van der Waals surface area contributed by atoms with E-state index in [1.54, 1.807) is 18.2 Å². The van der Waals surface area contributed by atoms with E-state index >= 15 is 0 Å². The van der Waals surface area contributed by atoms with Crippen LogP contribution in [0.3, 0.4) is 0 Å². The number of carbonyl (C=O) groups is 2.